The molecule has 2 atom stereocenters. The minimum Gasteiger partial charge on any atom is -0.481 e. The minimum absolute atomic E-state index is 0.00156. The number of aliphatic carboxylic acids is 1. The number of rotatable bonds is 5. The lowest BCUT2D eigenvalue weighted by Gasteiger charge is -2.18. The van der Waals surface area contributed by atoms with Gasteiger partial charge in [0.2, 0.25) is 0 Å². The molecule has 1 fully saturated rings. The third kappa shape index (κ3) is 3.09. The molecule has 2 rings (SSSR count). The summed E-state index contributed by atoms with van der Waals surface area (Å²) in [7, 11) is 0. The van der Waals surface area contributed by atoms with Crippen LogP contribution in [0, 0.1) is 0 Å². The van der Waals surface area contributed by atoms with Crippen molar-refractivity contribution in [2.75, 3.05) is 12.4 Å². The summed E-state index contributed by atoms with van der Waals surface area (Å²) in [6, 6.07) is 0.203. The first-order valence-corrected chi connectivity index (χ1v) is 7.40. The number of nitrogens with zero attached hydrogens (tertiary/aromatic N) is 3. The first kappa shape index (κ1) is 14.3. The van der Waals surface area contributed by atoms with Gasteiger partial charge in [-0.1, -0.05) is 11.8 Å². The first-order valence-electron chi connectivity index (χ1n) is 6.41. The SMILES string of the molecule is CC1OCCC1c1nnc(SCC(=O)O)n1C(C)C. The quantitative estimate of drug-likeness (QED) is 0.833. The van der Waals surface area contributed by atoms with Gasteiger partial charge in [-0.15, -0.1) is 10.2 Å². The van der Waals surface area contributed by atoms with Gasteiger partial charge in [0.25, 0.3) is 0 Å². The molecule has 0 saturated carbocycles. The van der Waals surface area contributed by atoms with E-state index in [0.29, 0.717) is 5.16 Å². The minimum atomic E-state index is -0.845. The topological polar surface area (TPSA) is 77.2 Å². The Labute approximate surface area is 116 Å². The molecule has 7 heteroatoms. The normalized spacial score (nSPS) is 23.2. The molecule has 1 aromatic heterocycles. The molecule has 6 nitrogen and oxygen atoms in total. The van der Waals surface area contributed by atoms with Gasteiger partial charge in [0, 0.05) is 18.6 Å². The van der Waals surface area contributed by atoms with E-state index in [1.54, 1.807) is 0 Å². The standard InChI is InChI=1S/C12H19N3O3S/c1-7(2)15-11(9-4-5-18-8(9)3)13-14-12(15)19-6-10(16)17/h7-9H,4-6H2,1-3H3,(H,16,17). The van der Waals surface area contributed by atoms with Crippen molar-refractivity contribution in [2.45, 2.75) is 50.4 Å². The maximum absolute atomic E-state index is 10.7. The Bertz CT molecular complexity index is 461. The number of carboxylic acids is 1. The van der Waals surface area contributed by atoms with E-state index in [1.807, 2.05) is 11.5 Å². The fourth-order valence-electron chi connectivity index (χ4n) is 2.32. The number of carboxylic acid groups (broad SMARTS) is 1. The van der Waals surface area contributed by atoms with Crippen LogP contribution >= 0.6 is 11.8 Å². The summed E-state index contributed by atoms with van der Waals surface area (Å²) in [6.07, 6.45) is 1.08. The molecule has 1 N–H and O–H groups in total. The molecular weight excluding hydrogens is 266 g/mol. The van der Waals surface area contributed by atoms with Gasteiger partial charge in [0.1, 0.15) is 5.82 Å². The lowest BCUT2D eigenvalue weighted by Crippen LogP contribution is -2.17. The van der Waals surface area contributed by atoms with E-state index < -0.39 is 5.97 Å². The van der Waals surface area contributed by atoms with Crippen LogP contribution in [0.15, 0.2) is 5.16 Å². The second-order valence-corrected chi connectivity index (χ2v) is 5.90. The number of aromatic nitrogens is 3. The predicted molar refractivity (Wildman–Crippen MR) is 71.5 cm³/mol. The monoisotopic (exact) mass is 285 g/mol. The summed E-state index contributed by atoms with van der Waals surface area (Å²) in [5.74, 6) is 0.311. The Kier molecular flexibility index (Phi) is 4.46. The van der Waals surface area contributed by atoms with E-state index in [9.17, 15) is 4.79 Å². The van der Waals surface area contributed by atoms with E-state index in [1.165, 1.54) is 11.8 Å². The van der Waals surface area contributed by atoms with Crippen LogP contribution in [0.2, 0.25) is 0 Å². The molecule has 0 aromatic carbocycles. The van der Waals surface area contributed by atoms with Crippen molar-refractivity contribution in [3.63, 3.8) is 0 Å². The van der Waals surface area contributed by atoms with Crippen LogP contribution in [0.5, 0.6) is 0 Å². The zero-order chi connectivity index (χ0) is 14.0. The zero-order valence-corrected chi connectivity index (χ0v) is 12.2. The van der Waals surface area contributed by atoms with Gasteiger partial charge < -0.3 is 14.4 Å². The van der Waals surface area contributed by atoms with E-state index in [0.717, 1.165) is 18.9 Å². The van der Waals surface area contributed by atoms with Crippen LogP contribution in [0.4, 0.5) is 0 Å². The fraction of sp³-hybridized carbons (Fsp3) is 0.750. The lowest BCUT2D eigenvalue weighted by molar-refractivity contribution is -0.133. The van der Waals surface area contributed by atoms with Crippen LogP contribution in [0.3, 0.4) is 0 Å². The van der Waals surface area contributed by atoms with Crippen molar-refractivity contribution in [2.24, 2.45) is 0 Å². The maximum atomic E-state index is 10.7. The Hall–Kier alpha value is -1.08. The van der Waals surface area contributed by atoms with Crippen molar-refractivity contribution in [1.29, 1.82) is 0 Å². The maximum Gasteiger partial charge on any atom is 0.313 e. The van der Waals surface area contributed by atoms with Gasteiger partial charge in [-0.25, -0.2) is 0 Å². The van der Waals surface area contributed by atoms with Crippen molar-refractivity contribution >= 4 is 17.7 Å². The van der Waals surface area contributed by atoms with Gasteiger partial charge in [-0.2, -0.15) is 0 Å². The molecule has 0 spiro atoms. The molecule has 0 amide bonds. The van der Waals surface area contributed by atoms with Crippen LogP contribution in [0.1, 0.15) is 45.0 Å². The molecule has 19 heavy (non-hydrogen) atoms. The van der Waals surface area contributed by atoms with Gasteiger partial charge in [-0.05, 0) is 27.2 Å². The highest BCUT2D eigenvalue weighted by atomic mass is 32.2. The number of thioether (sulfide) groups is 1. The summed E-state index contributed by atoms with van der Waals surface area (Å²) in [4.78, 5) is 10.7. The van der Waals surface area contributed by atoms with Crippen molar-refractivity contribution in [3.8, 4) is 0 Å². The van der Waals surface area contributed by atoms with Gasteiger partial charge in [-0.3, -0.25) is 4.79 Å². The summed E-state index contributed by atoms with van der Waals surface area (Å²) in [5.41, 5.74) is 0. The van der Waals surface area contributed by atoms with Crippen molar-refractivity contribution in [1.82, 2.24) is 14.8 Å². The van der Waals surface area contributed by atoms with E-state index in [-0.39, 0.29) is 23.8 Å². The van der Waals surface area contributed by atoms with E-state index in [4.69, 9.17) is 9.84 Å². The van der Waals surface area contributed by atoms with Crippen LogP contribution in [-0.4, -0.2) is 44.3 Å². The highest BCUT2D eigenvalue weighted by molar-refractivity contribution is 7.99. The average molecular weight is 285 g/mol. The summed E-state index contributed by atoms with van der Waals surface area (Å²) < 4.78 is 7.61. The number of hydrogen-bond acceptors (Lipinski definition) is 5. The number of carbonyl (C=O) groups is 1. The molecule has 0 bridgehead atoms. The molecule has 1 aliphatic rings. The largest absolute Gasteiger partial charge is 0.481 e. The lowest BCUT2D eigenvalue weighted by atomic mass is 10.0. The zero-order valence-electron chi connectivity index (χ0n) is 11.4. The van der Waals surface area contributed by atoms with Gasteiger partial charge in [0.05, 0.1) is 11.9 Å². The van der Waals surface area contributed by atoms with Crippen molar-refractivity contribution in [3.05, 3.63) is 5.82 Å². The second kappa shape index (κ2) is 5.92. The third-order valence-corrected chi connectivity index (χ3v) is 4.17. The Balaban J connectivity index is 2.26. The molecule has 0 aliphatic carbocycles. The Morgan fingerprint density at radius 3 is 2.84 bits per heavy atom. The van der Waals surface area contributed by atoms with E-state index in [2.05, 4.69) is 24.0 Å². The molecule has 1 aliphatic heterocycles. The summed E-state index contributed by atoms with van der Waals surface area (Å²) in [6.45, 7) is 6.89. The number of hydrogen-bond donors (Lipinski definition) is 1. The Morgan fingerprint density at radius 2 is 2.32 bits per heavy atom. The molecular formula is C12H19N3O3S. The molecule has 106 valence electrons. The van der Waals surface area contributed by atoms with Crippen LogP contribution in [0.25, 0.3) is 0 Å². The fourth-order valence-corrected chi connectivity index (χ4v) is 3.12. The highest BCUT2D eigenvalue weighted by Gasteiger charge is 2.32. The molecule has 1 saturated heterocycles. The molecule has 0 radical (unpaired) electrons. The number of ether oxygens (including phenoxy) is 1. The van der Waals surface area contributed by atoms with E-state index >= 15 is 0 Å². The highest BCUT2D eigenvalue weighted by Crippen LogP contribution is 2.33. The predicted octanol–water partition coefficient (Wildman–Crippen LogP) is 1.93. The third-order valence-electron chi connectivity index (χ3n) is 3.24. The van der Waals surface area contributed by atoms with Crippen LogP contribution in [-0.2, 0) is 9.53 Å². The average Bonchev–Trinajstić information content (AvgIpc) is 2.91. The Morgan fingerprint density at radius 1 is 1.58 bits per heavy atom. The van der Waals surface area contributed by atoms with Gasteiger partial charge >= 0.3 is 5.97 Å². The second-order valence-electron chi connectivity index (χ2n) is 4.96. The summed E-state index contributed by atoms with van der Waals surface area (Å²) >= 11 is 1.21. The smallest absolute Gasteiger partial charge is 0.313 e. The van der Waals surface area contributed by atoms with Gasteiger partial charge in [0.15, 0.2) is 5.16 Å². The molecule has 1 aromatic rings. The molecule has 2 unspecified atom stereocenters. The first-order chi connectivity index (χ1) is 9.00. The molecule has 2 heterocycles. The van der Waals surface area contributed by atoms with Crippen molar-refractivity contribution < 1.29 is 14.6 Å². The summed E-state index contributed by atoms with van der Waals surface area (Å²) in [5, 5.41) is 17.9. The van der Waals surface area contributed by atoms with Crippen LogP contribution < -0.4 is 0 Å².